The molecule has 0 N–H and O–H groups in total. The van der Waals surface area contributed by atoms with Gasteiger partial charge in [0.2, 0.25) is 0 Å². The maximum Gasteiger partial charge on any atom is 0.414 e. The van der Waals surface area contributed by atoms with Gasteiger partial charge in [-0.1, -0.05) is 0 Å². The van der Waals surface area contributed by atoms with E-state index in [1.165, 1.54) is 12.3 Å². The first-order valence-corrected chi connectivity index (χ1v) is 8.25. The number of anilines is 1. The van der Waals surface area contributed by atoms with Gasteiger partial charge < -0.3 is 4.74 Å². The molecule has 0 aliphatic carbocycles. The minimum atomic E-state index is -4.59. The molecule has 2 aromatic heterocycles. The first kappa shape index (κ1) is 18.0. The van der Waals surface area contributed by atoms with Crippen LogP contribution in [0.1, 0.15) is 33.4 Å². The molecule has 2 aromatic rings. The molecule has 0 bridgehead atoms. The molecule has 10 heteroatoms. The first-order valence-electron chi connectivity index (χ1n) is 7.45. The number of ether oxygens (including phenoxy) is 1. The minimum absolute atomic E-state index is 0.0391. The highest BCUT2D eigenvalue weighted by molar-refractivity contribution is 9.10. The smallest absolute Gasteiger partial charge is 0.414 e. The third-order valence-electron chi connectivity index (χ3n) is 3.96. The molecule has 0 saturated heterocycles. The standard InChI is InChI=1S/C15H16BrF3N4O2/c1-13(2,3)25-12(24)22-7-14(4,15(17,18)19)11-8(22)6-20-10-5-9(16)21-23(10)11/h5-6H,7H2,1-4H3. The zero-order chi connectivity index (χ0) is 18.8. The largest absolute Gasteiger partial charge is 0.443 e. The monoisotopic (exact) mass is 420 g/mol. The number of carbonyl (C=O) groups excluding carboxylic acids is 1. The summed E-state index contributed by atoms with van der Waals surface area (Å²) < 4.78 is 48.4. The zero-order valence-corrected chi connectivity index (χ0v) is 15.6. The Morgan fingerprint density at radius 3 is 2.56 bits per heavy atom. The van der Waals surface area contributed by atoms with Gasteiger partial charge >= 0.3 is 12.3 Å². The van der Waals surface area contributed by atoms with Gasteiger partial charge in [0.1, 0.15) is 15.6 Å². The molecule has 25 heavy (non-hydrogen) atoms. The second kappa shape index (κ2) is 5.33. The molecule has 0 fully saturated rings. The van der Waals surface area contributed by atoms with Crippen molar-refractivity contribution in [3.8, 4) is 0 Å². The average Bonchev–Trinajstić information content (AvgIpc) is 2.94. The van der Waals surface area contributed by atoms with Gasteiger partial charge in [-0.15, -0.1) is 0 Å². The van der Waals surface area contributed by atoms with Crippen LogP contribution in [-0.2, 0) is 10.2 Å². The molecule has 6 nitrogen and oxygen atoms in total. The van der Waals surface area contributed by atoms with E-state index in [1.54, 1.807) is 20.8 Å². The number of nitrogens with zero attached hydrogens (tertiary/aromatic N) is 4. The summed E-state index contributed by atoms with van der Waals surface area (Å²) in [5.41, 5.74) is -2.97. The van der Waals surface area contributed by atoms with Gasteiger partial charge in [-0.3, -0.25) is 4.90 Å². The van der Waals surface area contributed by atoms with Crippen molar-refractivity contribution in [1.29, 1.82) is 0 Å². The summed E-state index contributed by atoms with van der Waals surface area (Å²) in [5.74, 6) is 0. The van der Waals surface area contributed by atoms with E-state index in [1.807, 2.05) is 0 Å². The van der Waals surface area contributed by atoms with Gasteiger partial charge in [0.25, 0.3) is 0 Å². The van der Waals surface area contributed by atoms with Crippen molar-refractivity contribution in [2.75, 3.05) is 11.4 Å². The summed E-state index contributed by atoms with van der Waals surface area (Å²) in [6.07, 6.45) is -4.20. The predicted octanol–water partition coefficient (Wildman–Crippen LogP) is 4.07. The fraction of sp³-hybridized carbons (Fsp3) is 0.533. The second-order valence-corrected chi connectivity index (χ2v) is 7.94. The van der Waals surface area contributed by atoms with Gasteiger partial charge in [0.05, 0.1) is 17.6 Å². The highest BCUT2D eigenvalue weighted by Gasteiger charge is 2.61. The first-order chi connectivity index (χ1) is 11.3. The fourth-order valence-corrected chi connectivity index (χ4v) is 3.15. The predicted molar refractivity (Wildman–Crippen MR) is 87.7 cm³/mol. The Kier molecular flexibility index (Phi) is 3.83. The summed E-state index contributed by atoms with van der Waals surface area (Å²) in [7, 11) is 0. The molecule has 0 spiro atoms. The van der Waals surface area contributed by atoms with E-state index in [2.05, 4.69) is 26.0 Å². The Morgan fingerprint density at radius 1 is 1.36 bits per heavy atom. The second-order valence-electron chi connectivity index (χ2n) is 7.13. The summed E-state index contributed by atoms with van der Waals surface area (Å²) in [6.45, 7) is 5.40. The van der Waals surface area contributed by atoms with Crippen molar-refractivity contribution in [1.82, 2.24) is 14.6 Å². The van der Waals surface area contributed by atoms with Crippen LogP contribution in [0.25, 0.3) is 5.65 Å². The van der Waals surface area contributed by atoms with Crippen molar-refractivity contribution in [2.45, 2.75) is 44.9 Å². The fourth-order valence-electron chi connectivity index (χ4n) is 2.79. The topological polar surface area (TPSA) is 59.7 Å². The molecule has 1 atom stereocenters. The average molecular weight is 421 g/mol. The van der Waals surface area contributed by atoms with E-state index in [9.17, 15) is 18.0 Å². The molecule has 3 heterocycles. The number of fused-ring (bicyclic) bond motifs is 3. The van der Waals surface area contributed by atoms with E-state index < -0.39 is 29.8 Å². The lowest BCUT2D eigenvalue weighted by atomic mass is 9.88. The normalized spacial score (nSPS) is 20.9. The van der Waals surface area contributed by atoms with E-state index in [-0.39, 0.29) is 17.0 Å². The van der Waals surface area contributed by atoms with Crippen LogP contribution in [0.3, 0.4) is 0 Å². The molecule has 0 aromatic carbocycles. The Labute approximate surface area is 150 Å². The summed E-state index contributed by atoms with van der Waals surface area (Å²) in [6, 6.07) is 1.51. The number of amides is 1. The lowest BCUT2D eigenvalue weighted by Crippen LogP contribution is -2.46. The van der Waals surface area contributed by atoms with Gasteiger partial charge in [0, 0.05) is 12.6 Å². The molecule has 3 rings (SSSR count). The maximum absolute atomic E-state index is 13.9. The van der Waals surface area contributed by atoms with Crippen molar-refractivity contribution in [3.05, 3.63) is 22.6 Å². The molecule has 1 amide bonds. The van der Waals surface area contributed by atoms with Crippen LogP contribution in [0.4, 0.5) is 23.7 Å². The third kappa shape index (κ3) is 2.86. The van der Waals surface area contributed by atoms with Gasteiger partial charge in [-0.05, 0) is 43.6 Å². The number of hydrogen-bond donors (Lipinski definition) is 0. The number of carbonyl (C=O) groups is 1. The summed E-state index contributed by atoms with van der Waals surface area (Å²) in [4.78, 5) is 17.5. The third-order valence-corrected chi connectivity index (χ3v) is 4.35. The van der Waals surface area contributed by atoms with Crippen LogP contribution in [0.5, 0.6) is 0 Å². The van der Waals surface area contributed by atoms with Crippen molar-refractivity contribution in [2.24, 2.45) is 0 Å². The number of hydrogen-bond acceptors (Lipinski definition) is 4. The van der Waals surface area contributed by atoms with Crippen LogP contribution >= 0.6 is 15.9 Å². The van der Waals surface area contributed by atoms with Crippen molar-refractivity contribution >= 4 is 33.4 Å². The van der Waals surface area contributed by atoms with E-state index in [0.717, 1.165) is 16.3 Å². The number of aromatic nitrogens is 3. The molecule has 1 unspecified atom stereocenters. The molecule has 1 aliphatic rings. The highest BCUT2D eigenvalue weighted by Crippen LogP contribution is 2.50. The van der Waals surface area contributed by atoms with Crippen molar-refractivity contribution in [3.63, 3.8) is 0 Å². The highest BCUT2D eigenvalue weighted by atomic mass is 79.9. The minimum Gasteiger partial charge on any atom is -0.443 e. The molecule has 0 saturated carbocycles. The lowest BCUT2D eigenvalue weighted by molar-refractivity contribution is -0.181. The Bertz CT molecular complexity index is 859. The lowest BCUT2D eigenvalue weighted by Gasteiger charge is -2.29. The van der Waals surface area contributed by atoms with Crippen LogP contribution in [0.2, 0.25) is 0 Å². The molecule has 136 valence electrons. The summed E-state index contributed by atoms with van der Waals surface area (Å²) >= 11 is 3.15. The van der Waals surface area contributed by atoms with Crippen LogP contribution in [0.15, 0.2) is 16.9 Å². The van der Waals surface area contributed by atoms with Gasteiger partial charge in [-0.25, -0.2) is 14.3 Å². The maximum atomic E-state index is 13.9. The van der Waals surface area contributed by atoms with Crippen LogP contribution in [-0.4, -0.2) is 39.0 Å². The van der Waals surface area contributed by atoms with E-state index >= 15 is 0 Å². The quantitative estimate of drug-likeness (QED) is 0.644. The van der Waals surface area contributed by atoms with Crippen molar-refractivity contribution < 1.29 is 22.7 Å². The van der Waals surface area contributed by atoms with Gasteiger partial charge in [-0.2, -0.15) is 18.3 Å². The molecule has 1 aliphatic heterocycles. The van der Waals surface area contributed by atoms with E-state index in [0.29, 0.717) is 4.60 Å². The Balaban J connectivity index is 2.21. The SMILES string of the molecule is CC(C)(C)OC(=O)N1CC(C)(C(F)(F)F)c2c1cnc1cc(Br)nn21. The number of rotatable bonds is 0. The zero-order valence-electron chi connectivity index (χ0n) is 14.0. The number of halogens is 4. The summed E-state index contributed by atoms with van der Waals surface area (Å²) in [5, 5.41) is 4.05. The Hall–Kier alpha value is -1.84. The van der Waals surface area contributed by atoms with Crippen LogP contribution in [0, 0.1) is 0 Å². The van der Waals surface area contributed by atoms with E-state index in [4.69, 9.17) is 4.74 Å². The molecular weight excluding hydrogens is 405 g/mol. The van der Waals surface area contributed by atoms with Gasteiger partial charge in [0.15, 0.2) is 5.65 Å². The van der Waals surface area contributed by atoms with Crippen LogP contribution < -0.4 is 4.90 Å². The molecular formula is C15H16BrF3N4O2. The molecule has 0 radical (unpaired) electrons. The number of alkyl halides is 3. The Morgan fingerprint density at radius 2 is 2.00 bits per heavy atom.